The van der Waals surface area contributed by atoms with Gasteiger partial charge in [-0.25, -0.2) is 0 Å². The fourth-order valence-electron chi connectivity index (χ4n) is 2.18. The second-order valence-corrected chi connectivity index (χ2v) is 5.83. The Morgan fingerprint density at radius 3 is 2.62 bits per heavy atom. The van der Waals surface area contributed by atoms with E-state index < -0.39 is 5.91 Å². The van der Waals surface area contributed by atoms with Crippen molar-refractivity contribution in [2.45, 2.75) is 26.3 Å². The lowest BCUT2D eigenvalue weighted by Crippen LogP contribution is -2.47. The molecule has 0 spiro atoms. The predicted octanol–water partition coefficient (Wildman–Crippen LogP) is 2.12. The molecule has 0 saturated carbocycles. The molecule has 0 saturated heterocycles. The van der Waals surface area contributed by atoms with Crippen molar-refractivity contribution in [1.29, 1.82) is 0 Å². The Morgan fingerprint density at radius 1 is 1.38 bits per heavy atom. The lowest BCUT2D eigenvalue weighted by Gasteiger charge is -2.35. The lowest BCUT2D eigenvalue weighted by molar-refractivity contribution is 0.100. The highest BCUT2D eigenvalue weighted by molar-refractivity contribution is 6.06. The summed E-state index contributed by atoms with van der Waals surface area (Å²) in [7, 11) is 0. The van der Waals surface area contributed by atoms with E-state index in [1.54, 1.807) is 0 Å². The number of carbonyl (C=O) groups excluding carboxylic acids is 1. The zero-order chi connectivity index (χ0) is 15.6. The van der Waals surface area contributed by atoms with Crippen LogP contribution in [0, 0.1) is 5.92 Å². The van der Waals surface area contributed by atoms with Crippen LogP contribution in [0.3, 0.4) is 0 Å². The van der Waals surface area contributed by atoms with Crippen molar-refractivity contribution in [3.63, 3.8) is 0 Å². The molecule has 1 heterocycles. The van der Waals surface area contributed by atoms with Crippen LogP contribution in [0.1, 0.15) is 31.1 Å². The second-order valence-electron chi connectivity index (χ2n) is 5.83. The Bertz CT molecular complexity index is 668. The quantitative estimate of drug-likeness (QED) is 0.784. The minimum atomic E-state index is -0.501. The number of amides is 1. The van der Waals surface area contributed by atoms with Gasteiger partial charge in [-0.15, -0.1) is 0 Å². The van der Waals surface area contributed by atoms with Crippen LogP contribution in [0.4, 0.5) is 5.69 Å². The number of pyridine rings is 1. The maximum Gasteiger partial charge on any atom is 0.252 e. The molecule has 0 aliphatic carbocycles. The van der Waals surface area contributed by atoms with Gasteiger partial charge >= 0.3 is 0 Å². The summed E-state index contributed by atoms with van der Waals surface area (Å²) in [5.74, 6) is -0.214. The molecule has 1 atom stereocenters. The van der Waals surface area contributed by atoms with E-state index in [4.69, 9.17) is 11.5 Å². The highest BCUT2D eigenvalue weighted by Gasteiger charge is 2.28. The van der Waals surface area contributed by atoms with Gasteiger partial charge in [-0.05, 0) is 18.9 Å². The largest absolute Gasteiger partial charge is 0.377 e. The third-order valence-corrected chi connectivity index (χ3v) is 4.15. The molecule has 5 nitrogen and oxygen atoms in total. The number of nitrogens with zero attached hydrogens (tertiary/aromatic N) is 1. The molecule has 0 fully saturated rings. The molecule has 0 aliphatic rings. The third-order valence-electron chi connectivity index (χ3n) is 4.15. The van der Waals surface area contributed by atoms with Gasteiger partial charge in [0, 0.05) is 23.7 Å². The number of rotatable bonds is 5. The molecule has 5 heteroatoms. The smallest absolute Gasteiger partial charge is 0.252 e. The first-order valence-electron chi connectivity index (χ1n) is 7.05. The zero-order valence-electron chi connectivity index (χ0n) is 12.7. The Hall–Kier alpha value is -2.14. The molecule has 0 bridgehead atoms. The third kappa shape index (κ3) is 2.83. The lowest BCUT2D eigenvalue weighted by atomic mass is 9.87. The van der Waals surface area contributed by atoms with Gasteiger partial charge in [0.1, 0.15) is 0 Å². The molecule has 1 unspecified atom stereocenters. The van der Waals surface area contributed by atoms with Crippen LogP contribution in [0.2, 0.25) is 0 Å². The minimum absolute atomic E-state index is 0.287. The van der Waals surface area contributed by atoms with Gasteiger partial charge in [0.2, 0.25) is 0 Å². The summed E-state index contributed by atoms with van der Waals surface area (Å²) < 4.78 is 0. The summed E-state index contributed by atoms with van der Waals surface area (Å²) in [6, 6.07) is 7.65. The number of primary amides is 1. The fraction of sp³-hybridized carbons (Fsp3) is 0.375. The molecule has 21 heavy (non-hydrogen) atoms. The standard InChI is InChI=1S/C16H22N4O/c1-10(2)16(3,9-17)20-14-11-6-4-5-7-13(11)19-8-12(14)15(18)21/h4-8,10H,9,17H2,1-3H3,(H2,18,21)(H,19,20). The topological polar surface area (TPSA) is 94.0 Å². The first-order valence-corrected chi connectivity index (χ1v) is 7.05. The average molecular weight is 286 g/mol. The monoisotopic (exact) mass is 286 g/mol. The number of hydrogen-bond donors (Lipinski definition) is 3. The maximum atomic E-state index is 11.7. The summed E-state index contributed by atoms with van der Waals surface area (Å²) >= 11 is 0. The number of hydrogen-bond acceptors (Lipinski definition) is 4. The van der Waals surface area contributed by atoms with Crippen LogP contribution in [-0.4, -0.2) is 23.0 Å². The first kappa shape index (κ1) is 15.3. The summed E-state index contributed by atoms with van der Waals surface area (Å²) in [5, 5.41) is 4.30. The molecule has 1 amide bonds. The van der Waals surface area contributed by atoms with E-state index in [-0.39, 0.29) is 11.5 Å². The second kappa shape index (κ2) is 5.69. The first-order chi connectivity index (χ1) is 9.89. The predicted molar refractivity (Wildman–Crippen MR) is 86.2 cm³/mol. The molecule has 0 aliphatic heterocycles. The SMILES string of the molecule is CC(C)C(C)(CN)Nc1c(C(N)=O)cnc2ccccc12. The molecule has 1 aromatic carbocycles. The van der Waals surface area contributed by atoms with E-state index in [0.717, 1.165) is 10.9 Å². The number of para-hydroxylation sites is 1. The zero-order valence-corrected chi connectivity index (χ0v) is 12.7. The summed E-state index contributed by atoms with van der Waals surface area (Å²) in [4.78, 5) is 16.0. The van der Waals surface area contributed by atoms with Gasteiger partial charge < -0.3 is 16.8 Å². The Labute approximate surface area is 124 Å². The highest BCUT2D eigenvalue weighted by Crippen LogP contribution is 2.30. The van der Waals surface area contributed by atoms with Gasteiger partial charge in [-0.2, -0.15) is 0 Å². The van der Waals surface area contributed by atoms with Crippen molar-refractivity contribution >= 4 is 22.5 Å². The van der Waals surface area contributed by atoms with Crippen molar-refractivity contribution in [1.82, 2.24) is 4.98 Å². The normalized spacial score (nSPS) is 14.1. The number of anilines is 1. The molecule has 112 valence electrons. The average Bonchev–Trinajstić information content (AvgIpc) is 2.46. The summed E-state index contributed by atoms with van der Waals surface area (Å²) in [6.07, 6.45) is 1.52. The summed E-state index contributed by atoms with van der Waals surface area (Å²) in [5.41, 5.74) is 13.0. The van der Waals surface area contributed by atoms with Gasteiger partial charge in [0.05, 0.1) is 16.8 Å². The van der Waals surface area contributed by atoms with E-state index in [1.165, 1.54) is 6.20 Å². The van der Waals surface area contributed by atoms with Crippen molar-refractivity contribution in [3.8, 4) is 0 Å². The Kier molecular flexibility index (Phi) is 4.14. The Morgan fingerprint density at radius 2 is 2.05 bits per heavy atom. The minimum Gasteiger partial charge on any atom is -0.377 e. The number of nitrogens with one attached hydrogen (secondary N) is 1. The van der Waals surface area contributed by atoms with Crippen LogP contribution in [0.15, 0.2) is 30.5 Å². The molecular formula is C16H22N4O. The number of fused-ring (bicyclic) bond motifs is 1. The van der Waals surface area contributed by atoms with Crippen molar-refractivity contribution in [2.24, 2.45) is 17.4 Å². The molecule has 2 rings (SSSR count). The molecule has 2 aromatic rings. The van der Waals surface area contributed by atoms with Crippen LogP contribution in [-0.2, 0) is 0 Å². The maximum absolute atomic E-state index is 11.7. The van der Waals surface area contributed by atoms with Crippen LogP contribution >= 0.6 is 0 Å². The van der Waals surface area contributed by atoms with E-state index in [9.17, 15) is 4.79 Å². The van der Waals surface area contributed by atoms with Gasteiger partial charge in [0.25, 0.3) is 5.91 Å². The van der Waals surface area contributed by atoms with E-state index >= 15 is 0 Å². The fourth-order valence-corrected chi connectivity index (χ4v) is 2.18. The number of carbonyl (C=O) groups is 1. The van der Waals surface area contributed by atoms with Crippen molar-refractivity contribution in [3.05, 3.63) is 36.0 Å². The molecular weight excluding hydrogens is 264 g/mol. The van der Waals surface area contributed by atoms with Crippen LogP contribution in [0.5, 0.6) is 0 Å². The van der Waals surface area contributed by atoms with Gasteiger partial charge in [-0.3, -0.25) is 9.78 Å². The van der Waals surface area contributed by atoms with Crippen LogP contribution < -0.4 is 16.8 Å². The number of benzene rings is 1. The number of aromatic nitrogens is 1. The highest BCUT2D eigenvalue weighted by atomic mass is 16.1. The number of nitrogens with two attached hydrogens (primary N) is 2. The molecule has 1 aromatic heterocycles. The Balaban J connectivity index is 2.64. The van der Waals surface area contributed by atoms with Crippen molar-refractivity contribution in [2.75, 3.05) is 11.9 Å². The van der Waals surface area contributed by atoms with E-state index in [1.807, 2.05) is 31.2 Å². The van der Waals surface area contributed by atoms with Gasteiger partial charge in [-0.1, -0.05) is 32.0 Å². The van der Waals surface area contributed by atoms with E-state index in [2.05, 4.69) is 24.1 Å². The molecule has 0 radical (unpaired) electrons. The van der Waals surface area contributed by atoms with E-state index in [0.29, 0.717) is 17.8 Å². The van der Waals surface area contributed by atoms with Crippen LogP contribution in [0.25, 0.3) is 10.9 Å². The molecule has 5 N–H and O–H groups in total. The summed E-state index contributed by atoms with van der Waals surface area (Å²) in [6.45, 7) is 6.66. The van der Waals surface area contributed by atoms with Gasteiger partial charge in [0.15, 0.2) is 0 Å². The van der Waals surface area contributed by atoms with Crippen molar-refractivity contribution < 1.29 is 4.79 Å².